The second-order valence-corrected chi connectivity index (χ2v) is 8.99. The van der Waals surface area contributed by atoms with Crippen LogP contribution in [0.1, 0.15) is 37.3 Å². The number of sulfone groups is 1. The van der Waals surface area contributed by atoms with Crippen LogP contribution in [0.5, 0.6) is 0 Å². The Morgan fingerprint density at radius 3 is 2.57 bits per heavy atom. The van der Waals surface area contributed by atoms with Gasteiger partial charge in [0.15, 0.2) is 9.84 Å². The first-order valence-electron chi connectivity index (χ1n) is 8.57. The van der Waals surface area contributed by atoms with E-state index in [1.807, 2.05) is 23.1 Å². The van der Waals surface area contributed by atoms with Crippen molar-refractivity contribution in [2.45, 2.75) is 45.1 Å². The van der Waals surface area contributed by atoms with E-state index in [1.54, 1.807) is 0 Å². The molecule has 1 aliphatic heterocycles. The molecule has 1 atom stereocenters. The van der Waals surface area contributed by atoms with Crippen LogP contribution in [0.4, 0.5) is 0 Å². The van der Waals surface area contributed by atoms with Crippen LogP contribution >= 0.6 is 0 Å². The van der Waals surface area contributed by atoms with E-state index in [-0.39, 0.29) is 23.5 Å². The number of rotatable bonds is 4. The van der Waals surface area contributed by atoms with E-state index < -0.39 is 9.84 Å². The third kappa shape index (κ3) is 3.94. The van der Waals surface area contributed by atoms with Crippen LogP contribution in [0.2, 0.25) is 0 Å². The highest BCUT2D eigenvalue weighted by Crippen LogP contribution is 2.37. The summed E-state index contributed by atoms with van der Waals surface area (Å²) in [5.74, 6) is 0.831. The normalized spacial score (nSPS) is 24.2. The average molecular weight is 335 g/mol. The molecule has 1 amide bonds. The van der Waals surface area contributed by atoms with Gasteiger partial charge in [0.1, 0.15) is 0 Å². The summed E-state index contributed by atoms with van der Waals surface area (Å²) in [4.78, 5) is 14.7. The van der Waals surface area contributed by atoms with Crippen LogP contribution in [0.25, 0.3) is 0 Å². The molecule has 1 saturated carbocycles. The quantitative estimate of drug-likeness (QED) is 0.848. The molecule has 0 aromatic heterocycles. The van der Waals surface area contributed by atoms with E-state index in [1.165, 1.54) is 5.56 Å². The molecule has 5 heteroatoms. The summed E-state index contributed by atoms with van der Waals surface area (Å²) in [7, 11) is -3.02. The number of carbonyl (C=O) groups excluding carboxylic acids is 1. The van der Waals surface area contributed by atoms with Gasteiger partial charge in [-0.2, -0.15) is 0 Å². The largest absolute Gasteiger partial charge is 0.338 e. The second kappa shape index (κ2) is 6.63. The van der Waals surface area contributed by atoms with E-state index in [9.17, 15) is 13.2 Å². The molecule has 0 bridgehead atoms. The molecule has 1 saturated heterocycles. The van der Waals surface area contributed by atoms with Crippen molar-refractivity contribution in [1.82, 2.24) is 4.90 Å². The Labute approximate surface area is 138 Å². The molecular weight excluding hydrogens is 310 g/mol. The molecule has 4 nitrogen and oxygen atoms in total. The highest BCUT2D eigenvalue weighted by Gasteiger charge is 2.41. The zero-order chi connectivity index (χ0) is 16.4. The fourth-order valence-corrected chi connectivity index (χ4v) is 5.28. The number of carbonyl (C=O) groups is 1. The Kier molecular flexibility index (Phi) is 4.76. The van der Waals surface area contributed by atoms with E-state index in [4.69, 9.17) is 0 Å². The molecule has 23 heavy (non-hydrogen) atoms. The molecule has 0 spiro atoms. The number of hydrogen-bond donors (Lipinski definition) is 0. The number of benzene rings is 1. The highest BCUT2D eigenvalue weighted by atomic mass is 32.2. The van der Waals surface area contributed by atoms with E-state index in [0.29, 0.717) is 25.3 Å². The van der Waals surface area contributed by atoms with Gasteiger partial charge in [0.25, 0.3) is 0 Å². The minimum atomic E-state index is -3.02. The number of amides is 1. The van der Waals surface area contributed by atoms with Gasteiger partial charge < -0.3 is 4.90 Å². The highest BCUT2D eigenvalue weighted by molar-refractivity contribution is 7.91. The molecule has 0 radical (unpaired) electrons. The predicted octanol–water partition coefficient (Wildman–Crippen LogP) is 2.22. The van der Waals surface area contributed by atoms with Gasteiger partial charge in [-0.3, -0.25) is 4.79 Å². The van der Waals surface area contributed by atoms with Crippen LogP contribution in [-0.2, 0) is 27.5 Å². The van der Waals surface area contributed by atoms with Crippen molar-refractivity contribution < 1.29 is 13.2 Å². The van der Waals surface area contributed by atoms with E-state index in [0.717, 1.165) is 24.8 Å². The fraction of sp³-hybridized carbons (Fsp3) is 0.611. The lowest BCUT2D eigenvalue weighted by atomic mass is 10.0. The Hall–Kier alpha value is -1.36. The summed E-state index contributed by atoms with van der Waals surface area (Å²) < 4.78 is 24.2. The van der Waals surface area contributed by atoms with Gasteiger partial charge in [-0.05, 0) is 42.7 Å². The molecular formula is C18H25NO3S. The number of aryl methyl sites for hydroxylation is 1. The van der Waals surface area contributed by atoms with Gasteiger partial charge in [0.05, 0.1) is 17.9 Å². The fourth-order valence-electron chi connectivity index (χ4n) is 3.57. The molecule has 1 heterocycles. The summed E-state index contributed by atoms with van der Waals surface area (Å²) in [5.41, 5.74) is 2.27. The molecule has 2 aliphatic rings. The Balaban J connectivity index is 1.79. The summed E-state index contributed by atoms with van der Waals surface area (Å²) in [6, 6.07) is 7.93. The van der Waals surface area contributed by atoms with Gasteiger partial charge in [0.2, 0.25) is 5.91 Å². The van der Waals surface area contributed by atoms with Crippen molar-refractivity contribution in [3.63, 3.8) is 0 Å². The predicted molar refractivity (Wildman–Crippen MR) is 91.0 cm³/mol. The number of nitrogens with zero attached hydrogens (tertiary/aromatic N) is 1. The van der Waals surface area contributed by atoms with Crippen molar-refractivity contribution in [1.29, 1.82) is 0 Å². The minimum absolute atomic E-state index is 0.0832. The maximum absolute atomic E-state index is 12.9. The second-order valence-electron chi connectivity index (χ2n) is 6.76. The Bertz CT molecular complexity index is 679. The minimum Gasteiger partial charge on any atom is -0.338 e. The Morgan fingerprint density at radius 2 is 1.91 bits per heavy atom. The maximum Gasteiger partial charge on any atom is 0.227 e. The molecule has 0 N–H and O–H groups in total. The van der Waals surface area contributed by atoms with Gasteiger partial charge in [-0.15, -0.1) is 0 Å². The van der Waals surface area contributed by atoms with Crippen molar-refractivity contribution in [2.24, 2.45) is 5.92 Å². The smallest absolute Gasteiger partial charge is 0.227 e. The van der Waals surface area contributed by atoms with Gasteiger partial charge in [0, 0.05) is 12.6 Å². The lowest BCUT2D eigenvalue weighted by molar-refractivity contribution is -0.132. The van der Waals surface area contributed by atoms with Gasteiger partial charge >= 0.3 is 0 Å². The van der Waals surface area contributed by atoms with Gasteiger partial charge in [-0.25, -0.2) is 8.42 Å². The zero-order valence-electron chi connectivity index (χ0n) is 13.7. The first kappa shape index (κ1) is 16.5. The third-order valence-electron chi connectivity index (χ3n) is 5.01. The molecule has 1 aliphatic carbocycles. The third-order valence-corrected chi connectivity index (χ3v) is 6.77. The van der Waals surface area contributed by atoms with Crippen molar-refractivity contribution in [3.05, 3.63) is 35.4 Å². The van der Waals surface area contributed by atoms with Crippen LogP contribution in [-0.4, -0.2) is 43.3 Å². The van der Waals surface area contributed by atoms with Gasteiger partial charge in [-0.1, -0.05) is 31.2 Å². The topological polar surface area (TPSA) is 54.5 Å². The molecule has 1 aromatic rings. The van der Waals surface area contributed by atoms with Crippen LogP contribution in [0, 0.1) is 5.92 Å². The summed E-state index contributed by atoms with van der Waals surface area (Å²) >= 11 is 0. The average Bonchev–Trinajstić information content (AvgIpc) is 3.34. The van der Waals surface area contributed by atoms with E-state index in [2.05, 4.69) is 13.0 Å². The Morgan fingerprint density at radius 1 is 1.22 bits per heavy atom. The molecule has 1 aromatic carbocycles. The first-order valence-corrected chi connectivity index (χ1v) is 10.4. The molecule has 2 fully saturated rings. The lowest BCUT2D eigenvalue weighted by Gasteiger charge is -2.30. The SMILES string of the molecule is CCc1ccccc1CC(=O)N1CCCS(=O)(=O)CC1C1CC1. The monoisotopic (exact) mass is 335 g/mol. The zero-order valence-corrected chi connectivity index (χ0v) is 14.5. The molecule has 3 rings (SSSR count). The maximum atomic E-state index is 12.9. The van der Waals surface area contributed by atoms with Crippen molar-refractivity contribution in [2.75, 3.05) is 18.1 Å². The molecule has 126 valence electrons. The number of hydrogen-bond acceptors (Lipinski definition) is 3. The van der Waals surface area contributed by atoms with Crippen LogP contribution in [0.15, 0.2) is 24.3 Å². The standard InChI is InChI=1S/C18H25NO3S/c1-2-14-6-3-4-7-16(14)12-18(20)19-10-5-11-23(21,22)13-17(19)15-8-9-15/h3-4,6-7,15,17H,2,5,8-13H2,1H3. The van der Waals surface area contributed by atoms with E-state index >= 15 is 0 Å². The molecule has 1 unspecified atom stereocenters. The summed E-state index contributed by atoms with van der Waals surface area (Å²) in [6.07, 6.45) is 3.95. The summed E-state index contributed by atoms with van der Waals surface area (Å²) in [6.45, 7) is 2.67. The van der Waals surface area contributed by atoms with Crippen LogP contribution < -0.4 is 0 Å². The lowest BCUT2D eigenvalue weighted by Crippen LogP contribution is -2.45. The first-order chi connectivity index (χ1) is 11.0. The summed E-state index contributed by atoms with van der Waals surface area (Å²) in [5, 5.41) is 0. The van der Waals surface area contributed by atoms with Crippen molar-refractivity contribution in [3.8, 4) is 0 Å². The van der Waals surface area contributed by atoms with Crippen molar-refractivity contribution >= 4 is 15.7 Å². The van der Waals surface area contributed by atoms with Crippen LogP contribution in [0.3, 0.4) is 0 Å².